The average molecular weight is 407 g/mol. The fraction of sp³-hybridized carbons (Fsp3) is 0.588. The van der Waals surface area contributed by atoms with Gasteiger partial charge in [-0.25, -0.2) is 4.98 Å². The van der Waals surface area contributed by atoms with Crippen molar-refractivity contribution in [2.45, 2.75) is 32.3 Å². The molecule has 0 saturated carbocycles. The average Bonchev–Trinajstić information content (AvgIpc) is 2.61. The number of amides is 2. The Kier molecular flexibility index (Phi) is 11.4. The van der Waals surface area contributed by atoms with Crippen LogP contribution in [0.15, 0.2) is 18.3 Å². The van der Waals surface area contributed by atoms with E-state index in [-0.39, 0.29) is 55.1 Å². The van der Waals surface area contributed by atoms with E-state index in [9.17, 15) is 9.59 Å². The number of hydrogen-bond donors (Lipinski definition) is 2. The van der Waals surface area contributed by atoms with Gasteiger partial charge >= 0.3 is 0 Å². The van der Waals surface area contributed by atoms with Crippen molar-refractivity contribution in [2.24, 2.45) is 11.7 Å². The summed E-state index contributed by atoms with van der Waals surface area (Å²) in [5, 5.41) is 2.83. The summed E-state index contributed by atoms with van der Waals surface area (Å²) >= 11 is 0. The third-order valence-corrected chi connectivity index (χ3v) is 4.31. The SMILES string of the molecule is COC(CN)CC(=O)N1CCCC(C(=O)Nc2ccc(C)cn2)C1.Cl.Cl. The normalized spacial score (nSPS) is 17.5. The fourth-order valence-corrected chi connectivity index (χ4v) is 2.77. The number of aryl methyl sites for hydroxylation is 1. The van der Waals surface area contributed by atoms with Gasteiger partial charge in [0.2, 0.25) is 11.8 Å². The van der Waals surface area contributed by atoms with Gasteiger partial charge in [-0.2, -0.15) is 0 Å². The number of anilines is 1. The molecule has 0 aliphatic carbocycles. The van der Waals surface area contributed by atoms with Gasteiger partial charge in [-0.05, 0) is 31.4 Å². The molecular formula is C17H28Cl2N4O3. The van der Waals surface area contributed by atoms with Gasteiger partial charge in [0.1, 0.15) is 5.82 Å². The van der Waals surface area contributed by atoms with E-state index >= 15 is 0 Å². The molecule has 1 saturated heterocycles. The first kappa shape index (κ1) is 24.6. The number of methoxy groups -OCH3 is 1. The van der Waals surface area contributed by atoms with Crippen molar-refractivity contribution in [3.8, 4) is 0 Å². The molecule has 2 unspecified atom stereocenters. The minimum atomic E-state index is -0.275. The standard InChI is InChI=1S/C17H26N4O3.2ClH/c1-12-5-6-15(19-10-12)20-17(23)13-4-3-7-21(11-13)16(22)8-14(9-18)24-2;;/h5-6,10,13-14H,3-4,7-9,11,18H2,1-2H3,(H,19,20,23);2*1H. The summed E-state index contributed by atoms with van der Waals surface area (Å²) in [5.74, 6) is 0.213. The van der Waals surface area contributed by atoms with Gasteiger partial charge in [-0.1, -0.05) is 6.07 Å². The summed E-state index contributed by atoms with van der Waals surface area (Å²) in [5.41, 5.74) is 6.60. The molecule has 2 atom stereocenters. The minimum Gasteiger partial charge on any atom is -0.380 e. The summed E-state index contributed by atoms with van der Waals surface area (Å²) in [7, 11) is 1.55. The molecule has 1 fully saturated rings. The fourth-order valence-electron chi connectivity index (χ4n) is 2.77. The zero-order valence-corrected chi connectivity index (χ0v) is 16.8. The molecule has 1 aliphatic rings. The van der Waals surface area contributed by atoms with E-state index < -0.39 is 0 Å². The number of aromatic nitrogens is 1. The number of nitrogens with two attached hydrogens (primary N) is 1. The van der Waals surface area contributed by atoms with Crippen LogP contribution in [0.3, 0.4) is 0 Å². The Balaban J connectivity index is 0.00000312. The molecule has 148 valence electrons. The molecule has 7 nitrogen and oxygen atoms in total. The van der Waals surface area contributed by atoms with E-state index in [1.165, 1.54) is 0 Å². The molecule has 3 N–H and O–H groups in total. The minimum absolute atomic E-state index is 0. The number of hydrogen-bond acceptors (Lipinski definition) is 5. The molecule has 0 bridgehead atoms. The van der Waals surface area contributed by atoms with Gasteiger partial charge < -0.3 is 20.7 Å². The van der Waals surface area contributed by atoms with Crippen LogP contribution in [0, 0.1) is 12.8 Å². The van der Waals surface area contributed by atoms with E-state index in [2.05, 4.69) is 10.3 Å². The van der Waals surface area contributed by atoms with Crippen molar-refractivity contribution < 1.29 is 14.3 Å². The highest BCUT2D eigenvalue weighted by Gasteiger charge is 2.29. The number of rotatable bonds is 6. The summed E-state index contributed by atoms with van der Waals surface area (Å²) in [4.78, 5) is 30.7. The maximum atomic E-state index is 12.4. The predicted molar refractivity (Wildman–Crippen MR) is 106 cm³/mol. The maximum Gasteiger partial charge on any atom is 0.230 e. The molecular weight excluding hydrogens is 379 g/mol. The lowest BCUT2D eigenvalue weighted by Crippen LogP contribution is -2.45. The number of likely N-dealkylation sites (tertiary alicyclic amines) is 1. The molecule has 26 heavy (non-hydrogen) atoms. The van der Waals surface area contributed by atoms with Gasteiger partial charge in [0, 0.05) is 32.9 Å². The quantitative estimate of drug-likeness (QED) is 0.749. The largest absolute Gasteiger partial charge is 0.380 e. The molecule has 2 heterocycles. The van der Waals surface area contributed by atoms with Crippen LogP contribution in [-0.2, 0) is 14.3 Å². The second-order valence-corrected chi connectivity index (χ2v) is 6.19. The highest BCUT2D eigenvalue weighted by atomic mass is 35.5. The van der Waals surface area contributed by atoms with Gasteiger partial charge in [0.15, 0.2) is 0 Å². The molecule has 0 radical (unpaired) electrons. The van der Waals surface area contributed by atoms with Crippen LogP contribution in [0.2, 0.25) is 0 Å². The molecule has 2 rings (SSSR count). The lowest BCUT2D eigenvalue weighted by molar-refractivity contribution is -0.136. The number of halogens is 2. The Morgan fingerprint density at radius 1 is 1.42 bits per heavy atom. The zero-order valence-electron chi connectivity index (χ0n) is 15.1. The van der Waals surface area contributed by atoms with Crippen molar-refractivity contribution in [3.63, 3.8) is 0 Å². The van der Waals surface area contributed by atoms with Crippen molar-refractivity contribution in [1.82, 2.24) is 9.88 Å². The van der Waals surface area contributed by atoms with Crippen LogP contribution in [0.4, 0.5) is 5.82 Å². The second-order valence-electron chi connectivity index (χ2n) is 6.19. The number of nitrogens with one attached hydrogen (secondary N) is 1. The Morgan fingerprint density at radius 3 is 2.73 bits per heavy atom. The molecule has 2 amide bonds. The van der Waals surface area contributed by atoms with E-state index in [4.69, 9.17) is 10.5 Å². The Hall–Kier alpha value is -1.41. The number of carbonyl (C=O) groups excluding carboxylic acids is 2. The summed E-state index contributed by atoms with van der Waals surface area (Å²) in [6.07, 6.45) is 3.27. The molecule has 0 spiro atoms. The van der Waals surface area contributed by atoms with Gasteiger partial charge in [-0.15, -0.1) is 24.8 Å². The van der Waals surface area contributed by atoms with Gasteiger partial charge in [-0.3, -0.25) is 9.59 Å². The number of carbonyl (C=O) groups is 2. The number of nitrogens with zero attached hydrogens (tertiary/aromatic N) is 2. The predicted octanol–water partition coefficient (Wildman–Crippen LogP) is 1.77. The lowest BCUT2D eigenvalue weighted by atomic mass is 9.96. The van der Waals surface area contributed by atoms with Crippen LogP contribution < -0.4 is 11.1 Å². The highest BCUT2D eigenvalue weighted by Crippen LogP contribution is 2.19. The number of ether oxygens (including phenoxy) is 1. The third-order valence-electron chi connectivity index (χ3n) is 4.31. The Labute approximate surface area is 166 Å². The lowest BCUT2D eigenvalue weighted by Gasteiger charge is -2.32. The summed E-state index contributed by atoms with van der Waals surface area (Å²) in [6.45, 7) is 3.35. The Morgan fingerprint density at radius 2 is 2.15 bits per heavy atom. The topological polar surface area (TPSA) is 97.5 Å². The molecule has 1 aromatic heterocycles. The summed E-state index contributed by atoms with van der Waals surface area (Å²) in [6, 6.07) is 3.68. The van der Waals surface area contributed by atoms with Crippen LogP contribution in [0.25, 0.3) is 0 Å². The van der Waals surface area contributed by atoms with Crippen molar-refractivity contribution in [3.05, 3.63) is 23.9 Å². The monoisotopic (exact) mass is 406 g/mol. The Bertz CT molecular complexity index is 568. The zero-order chi connectivity index (χ0) is 17.5. The smallest absolute Gasteiger partial charge is 0.230 e. The first-order valence-electron chi connectivity index (χ1n) is 8.27. The third kappa shape index (κ3) is 7.07. The number of piperidine rings is 1. The molecule has 9 heteroatoms. The van der Waals surface area contributed by atoms with Crippen LogP contribution >= 0.6 is 24.8 Å². The van der Waals surface area contributed by atoms with Crippen LogP contribution in [-0.4, -0.2) is 54.5 Å². The first-order valence-corrected chi connectivity index (χ1v) is 8.27. The van der Waals surface area contributed by atoms with E-state index in [0.717, 1.165) is 18.4 Å². The highest BCUT2D eigenvalue weighted by molar-refractivity contribution is 5.92. The van der Waals surface area contributed by atoms with E-state index in [1.807, 2.05) is 13.0 Å². The first-order chi connectivity index (χ1) is 11.5. The van der Waals surface area contributed by atoms with Crippen molar-refractivity contribution in [1.29, 1.82) is 0 Å². The van der Waals surface area contributed by atoms with Crippen molar-refractivity contribution >= 4 is 42.4 Å². The summed E-state index contributed by atoms with van der Waals surface area (Å²) < 4.78 is 5.16. The molecule has 1 aliphatic heterocycles. The van der Waals surface area contributed by atoms with E-state index in [1.54, 1.807) is 24.3 Å². The van der Waals surface area contributed by atoms with Crippen LogP contribution in [0.1, 0.15) is 24.8 Å². The maximum absolute atomic E-state index is 12.4. The number of pyridine rings is 1. The second kappa shape index (κ2) is 12.1. The van der Waals surface area contributed by atoms with Gasteiger partial charge in [0.25, 0.3) is 0 Å². The van der Waals surface area contributed by atoms with Gasteiger partial charge in [0.05, 0.1) is 18.4 Å². The molecule has 1 aromatic rings. The van der Waals surface area contributed by atoms with E-state index in [0.29, 0.717) is 25.5 Å². The molecule has 0 aromatic carbocycles. The van der Waals surface area contributed by atoms with Crippen LogP contribution in [0.5, 0.6) is 0 Å². The van der Waals surface area contributed by atoms with Crippen molar-refractivity contribution in [2.75, 3.05) is 32.1 Å².